The van der Waals surface area contributed by atoms with Crippen LogP contribution < -0.4 is 0 Å². The summed E-state index contributed by atoms with van der Waals surface area (Å²) < 4.78 is 0. The predicted octanol–water partition coefficient (Wildman–Crippen LogP) is 12.9. The van der Waals surface area contributed by atoms with Crippen molar-refractivity contribution in [1.82, 2.24) is 0 Å². The topological polar surface area (TPSA) is 0 Å². The van der Waals surface area contributed by atoms with Crippen LogP contribution in [0.1, 0.15) is 126 Å². The molecule has 0 atom stereocenters. The highest BCUT2D eigenvalue weighted by atomic mass is 14.0. The molecular formula is C36H64. The zero-order valence-corrected chi connectivity index (χ0v) is 26.7. The highest BCUT2D eigenvalue weighted by molar-refractivity contribution is 5.25. The summed E-state index contributed by atoms with van der Waals surface area (Å²) in [5, 5.41) is 0. The van der Waals surface area contributed by atoms with Crippen molar-refractivity contribution in [1.29, 1.82) is 0 Å². The van der Waals surface area contributed by atoms with Crippen LogP contribution in [0, 0.1) is 0 Å². The Labute approximate surface area is 229 Å². The largest absolute Gasteiger partial charge is 0.0683 e. The van der Waals surface area contributed by atoms with Crippen LogP contribution in [0.4, 0.5) is 0 Å². The molecule has 0 aliphatic rings. The maximum Gasteiger partial charge on any atom is -0.00258 e. The number of hydrogen-bond acceptors (Lipinski definition) is 0. The van der Waals surface area contributed by atoms with Gasteiger partial charge in [-0.1, -0.05) is 200 Å². The van der Waals surface area contributed by atoms with Crippen LogP contribution in [0.2, 0.25) is 0 Å². The fourth-order valence-electron chi connectivity index (χ4n) is 2.14. The number of benzene rings is 3. The van der Waals surface area contributed by atoms with Crippen LogP contribution in [-0.2, 0) is 12.8 Å². The Morgan fingerprint density at radius 3 is 0.694 bits per heavy atom. The Hall–Kier alpha value is -2.34. The van der Waals surface area contributed by atoms with Crippen LogP contribution in [0.3, 0.4) is 0 Å². The predicted molar refractivity (Wildman–Crippen MR) is 173 cm³/mol. The fraction of sp³-hybridized carbons (Fsp3) is 0.500. The van der Waals surface area contributed by atoms with Gasteiger partial charge in [0.05, 0.1) is 0 Å². The van der Waals surface area contributed by atoms with Crippen LogP contribution in [0.25, 0.3) is 0 Å². The van der Waals surface area contributed by atoms with E-state index < -0.39 is 0 Å². The van der Waals surface area contributed by atoms with Crippen LogP contribution >= 0.6 is 0 Å². The van der Waals surface area contributed by atoms with Gasteiger partial charge in [-0.2, -0.15) is 0 Å². The Morgan fingerprint density at radius 1 is 0.333 bits per heavy atom. The molecule has 0 aliphatic carbocycles. The maximum atomic E-state index is 2.16. The van der Waals surface area contributed by atoms with Crippen molar-refractivity contribution in [2.75, 3.05) is 0 Å². The lowest BCUT2D eigenvalue weighted by Gasteiger charge is -2.00. The van der Waals surface area contributed by atoms with Gasteiger partial charge in [0.1, 0.15) is 0 Å². The van der Waals surface area contributed by atoms with E-state index in [1.807, 2.05) is 47.6 Å². The van der Waals surface area contributed by atoms with E-state index in [2.05, 4.69) is 133 Å². The minimum Gasteiger partial charge on any atom is -0.0683 e. The molecule has 0 unspecified atom stereocenters. The Kier molecular flexibility index (Phi) is 55.9. The zero-order valence-electron chi connectivity index (χ0n) is 26.7. The van der Waals surface area contributed by atoms with E-state index in [0.717, 1.165) is 12.8 Å². The average molecular weight is 497 g/mol. The van der Waals surface area contributed by atoms with Crippen LogP contribution in [0.15, 0.2) is 91.0 Å². The molecule has 3 rings (SSSR count). The lowest BCUT2D eigenvalue weighted by Crippen LogP contribution is -1.85. The van der Waals surface area contributed by atoms with E-state index in [-0.39, 0.29) is 0 Å². The first-order valence-electron chi connectivity index (χ1n) is 14.7. The zero-order chi connectivity index (χ0) is 28.9. The molecule has 0 heterocycles. The van der Waals surface area contributed by atoms with Crippen molar-refractivity contribution < 1.29 is 0 Å². The average Bonchev–Trinajstić information content (AvgIpc) is 2.95. The number of aryl methyl sites for hydroxylation is 1. The van der Waals surface area contributed by atoms with E-state index in [0.29, 0.717) is 0 Å². The maximum absolute atomic E-state index is 2.16. The monoisotopic (exact) mass is 497 g/mol. The lowest BCUT2D eigenvalue weighted by molar-refractivity contribution is 1.09. The van der Waals surface area contributed by atoms with Gasteiger partial charge in [-0.15, -0.1) is 0 Å². The van der Waals surface area contributed by atoms with E-state index in [9.17, 15) is 0 Å². The van der Waals surface area contributed by atoms with E-state index in [1.165, 1.54) is 36.0 Å². The van der Waals surface area contributed by atoms with Crippen molar-refractivity contribution >= 4 is 0 Å². The molecular weight excluding hydrogens is 432 g/mol. The minimum atomic E-state index is 1.03. The Bertz CT molecular complexity index is 599. The molecule has 0 fully saturated rings. The molecule has 0 heteroatoms. The quantitative estimate of drug-likeness (QED) is 0.338. The summed E-state index contributed by atoms with van der Waals surface area (Å²) in [7, 11) is 0. The van der Waals surface area contributed by atoms with Crippen LogP contribution in [0.5, 0.6) is 0 Å². The standard InChI is InChI=1S/C13H12.C8H10.3C3H8.3C2H6/c1-3-7-12(8-4-1)11-13-9-5-2-6-10-13;1-2-8-6-4-3-5-7-8;3*1-3-2;3*1-2/h1-10H,11H2;3-7H,2H2,1H3;3*3H2,1-2H3;3*1-2H3. The van der Waals surface area contributed by atoms with Crippen molar-refractivity contribution in [3.05, 3.63) is 108 Å². The summed E-state index contributed by atoms with van der Waals surface area (Å²) in [4.78, 5) is 0. The van der Waals surface area contributed by atoms with Gasteiger partial charge in [0.15, 0.2) is 0 Å². The summed E-state index contributed by atoms with van der Waals surface area (Å²) in [6.45, 7) is 26.9. The summed E-state index contributed by atoms with van der Waals surface area (Å²) in [6, 6.07) is 31.5. The summed E-state index contributed by atoms with van der Waals surface area (Å²) >= 11 is 0. The van der Waals surface area contributed by atoms with E-state index in [4.69, 9.17) is 0 Å². The molecule has 0 N–H and O–H groups in total. The molecule has 0 aliphatic heterocycles. The van der Waals surface area contributed by atoms with E-state index >= 15 is 0 Å². The first kappa shape index (κ1) is 43.7. The van der Waals surface area contributed by atoms with Gasteiger partial charge < -0.3 is 0 Å². The van der Waals surface area contributed by atoms with Gasteiger partial charge in [-0.05, 0) is 29.5 Å². The third-order valence-corrected chi connectivity index (χ3v) is 3.34. The van der Waals surface area contributed by atoms with Crippen molar-refractivity contribution in [3.63, 3.8) is 0 Å². The number of hydrogen-bond donors (Lipinski definition) is 0. The first-order chi connectivity index (χ1) is 17.6. The van der Waals surface area contributed by atoms with Gasteiger partial charge in [0.2, 0.25) is 0 Å². The molecule has 36 heavy (non-hydrogen) atoms. The van der Waals surface area contributed by atoms with Crippen molar-refractivity contribution in [2.24, 2.45) is 0 Å². The smallest absolute Gasteiger partial charge is 0.00258 e. The Morgan fingerprint density at radius 2 is 0.528 bits per heavy atom. The highest BCUT2D eigenvalue weighted by Crippen LogP contribution is 2.07. The van der Waals surface area contributed by atoms with Crippen LogP contribution in [-0.4, -0.2) is 0 Å². The molecule has 0 saturated heterocycles. The van der Waals surface area contributed by atoms with Gasteiger partial charge in [-0.3, -0.25) is 0 Å². The third kappa shape index (κ3) is 38.9. The third-order valence-electron chi connectivity index (χ3n) is 3.34. The Balaban J connectivity index is -0.000000120. The lowest BCUT2D eigenvalue weighted by atomic mass is 10.1. The SMILES string of the molecule is CC.CC.CC.CCC.CCC.CCC.CCc1ccccc1.c1ccc(Cc2ccccc2)cc1. The first-order valence-corrected chi connectivity index (χ1v) is 14.7. The normalized spacial score (nSPS) is 7.58. The molecule has 208 valence electrons. The molecule has 0 saturated carbocycles. The molecule has 3 aromatic carbocycles. The summed E-state index contributed by atoms with van der Waals surface area (Å²) in [6.07, 6.45) is 5.92. The highest BCUT2D eigenvalue weighted by Gasteiger charge is 1.92. The molecule has 3 aromatic rings. The van der Waals surface area contributed by atoms with E-state index in [1.54, 1.807) is 0 Å². The van der Waals surface area contributed by atoms with Gasteiger partial charge in [-0.25, -0.2) is 0 Å². The van der Waals surface area contributed by atoms with Gasteiger partial charge >= 0.3 is 0 Å². The van der Waals surface area contributed by atoms with Crippen molar-refractivity contribution in [2.45, 2.75) is 122 Å². The molecule has 0 nitrogen and oxygen atoms in total. The molecule has 0 radical (unpaired) electrons. The molecule has 0 spiro atoms. The summed E-state index contributed by atoms with van der Waals surface area (Å²) in [5.41, 5.74) is 4.15. The minimum absolute atomic E-state index is 1.03. The van der Waals surface area contributed by atoms with Crippen molar-refractivity contribution in [3.8, 4) is 0 Å². The number of rotatable bonds is 3. The molecule has 0 bridgehead atoms. The second-order valence-corrected chi connectivity index (χ2v) is 7.11. The molecule has 0 amide bonds. The summed E-state index contributed by atoms with van der Waals surface area (Å²) in [5.74, 6) is 0. The fourth-order valence-corrected chi connectivity index (χ4v) is 2.14. The second-order valence-electron chi connectivity index (χ2n) is 7.11. The van der Waals surface area contributed by atoms with Gasteiger partial charge in [0.25, 0.3) is 0 Å². The molecule has 0 aromatic heterocycles. The van der Waals surface area contributed by atoms with Gasteiger partial charge in [0, 0.05) is 0 Å². The second kappa shape index (κ2) is 46.1.